The molecule has 100 valence electrons. The Kier molecular flexibility index (Phi) is 5.40. The van der Waals surface area contributed by atoms with Gasteiger partial charge in [-0.25, -0.2) is 4.79 Å². The van der Waals surface area contributed by atoms with Gasteiger partial charge in [-0.1, -0.05) is 0 Å². The Morgan fingerprint density at radius 3 is 2.72 bits per heavy atom. The molecule has 18 heavy (non-hydrogen) atoms. The number of halogens is 1. The first-order valence-corrected chi connectivity index (χ1v) is 6.62. The monoisotopic (exact) mass is 316 g/mol. The molecule has 1 aromatic heterocycles. The van der Waals surface area contributed by atoms with Crippen LogP contribution in [0.3, 0.4) is 0 Å². The number of carbonyl (C=O) groups is 2. The summed E-state index contributed by atoms with van der Waals surface area (Å²) >= 11 is 3.32. The maximum Gasteiger partial charge on any atom is 0.328 e. The molecule has 1 amide bonds. The van der Waals surface area contributed by atoms with E-state index in [9.17, 15) is 9.59 Å². The molecule has 0 saturated carbocycles. The second-order valence-electron chi connectivity index (χ2n) is 3.78. The number of esters is 1. The summed E-state index contributed by atoms with van der Waals surface area (Å²) in [4.78, 5) is 23.4. The van der Waals surface area contributed by atoms with Crippen molar-refractivity contribution < 1.29 is 14.3 Å². The lowest BCUT2D eigenvalue weighted by molar-refractivity contribution is -0.144. The second kappa shape index (κ2) is 6.58. The molecule has 0 aliphatic rings. The summed E-state index contributed by atoms with van der Waals surface area (Å²) in [5.74, 6) is -0.720. The predicted octanol–water partition coefficient (Wildman–Crippen LogP) is 1.95. The SMILES string of the molecule is CCOC(=O)[C@H](C)NC(=O)c1cc(Br)cn1CC. The third kappa shape index (κ3) is 3.60. The molecule has 1 aromatic rings. The number of nitrogens with zero attached hydrogens (tertiary/aromatic N) is 1. The number of hydrogen-bond donors (Lipinski definition) is 1. The first kappa shape index (κ1) is 14.8. The molecule has 6 heteroatoms. The van der Waals surface area contributed by atoms with E-state index in [1.807, 2.05) is 13.1 Å². The van der Waals surface area contributed by atoms with Crippen LogP contribution in [-0.4, -0.2) is 29.1 Å². The first-order chi connectivity index (χ1) is 8.49. The number of aryl methyl sites for hydroxylation is 1. The fourth-order valence-corrected chi connectivity index (χ4v) is 1.99. The molecular weight excluding hydrogens is 300 g/mol. The summed E-state index contributed by atoms with van der Waals surface area (Å²) in [6.45, 7) is 6.26. The lowest BCUT2D eigenvalue weighted by Gasteiger charge is -2.13. The van der Waals surface area contributed by atoms with Crippen LogP contribution in [0.1, 0.15) is 31.3 Å². The maximum atomic E-state index is 12.0. The third-order valence-corrected chi connectivity index (χ3v) is 2.86. The van der Waals surface area contributed by atoms with Crippen molar-refractivity contribution in [2.24, 2.45) is 0 Å². The van der Waals surface area contributed by atoms with Gasteiger partial charge in [0.2, 0.25) is 0 Å². The van der Waals surface area contributed by atoms with Gasteiger partial charge in [0.05, 0.1) is 6.61 Å². The fraction of sp³-hybridized carbons (Fsp3) is 0.500. The zero-order valence-corrected chi connectivity index (χ0v) is 12.3. The minimum atomic E-state index is -0.656. The Morgan fingerprint density at radius 2 is 2.17 bits per heavy atom. The Morgan fingerprint density at radius 1 is 1.50 bits per heavy atom. The van der Waals surface area contributed by atoms with Crippen LogP contribution in [-0.2, 0) is 16.1 Å². The molecule has 0 bridgehead atoms. The van der Waals surface area contributed by atoms with Crippen LogP contribution in [0.25, 0.3) is 0 Å². The van der Waals surface area contributed by atoms with Crippen LogP contribution in [0.4, 0.5) is 0 Å². The smallest absolute Gasteiger partial charge is 0.328 e. The van der Waals surface area contributed by atoms with Gasteiger partial charge >= 0.3 is 5.97 Å². The van der Waals surface area contributed by atoms with E-state index in [2.05, 4.69) is 21.2 Å². The Hall–Kier alpha value is -1.30. The molecule has 1 rings (SSSR count). The van der Waals surface area contributed by atoms with Crippen LogP contribution in [0, 0.1) is 0 Å². The van der Waals surface area contributed by atoms with Crippen molar-refractivity contribution in [3.63, 3.8) is 0 Å². The van der Waals surface area contributed by atoms with Gasteiger partial charge in [0, 0.05) is 17.2 Å². The Labute approximate surface area is 115 Å². The molecule has 0 radical (unpaired) electrons. The number of hydrogen-bond acceptors (Lipinski definition) is 3. The van der Waals surface area contributed by atoms with Crippen LogP contribution in [0.15, 0.2) is 16.7 Å². The molecule has 0 unspecified atom stereocenters. The third-order valence-electron chi connectivity index (χ3n) is 2.42. The number of carbonyl (C=O) groups excluding carboxylic acids is 2. The van der Waals surface area contributed by atoms with Gasteiger partial charge < -0.3 is 14.6 Å². The largest absolute Gasteiger partial charge is 0.464 e. The quantitative estimate of drug-likeness (QED) is 0.845. The molecular formula is C12H17BrN2O3. The van der Waals surface area contributed by atoms with Crippen molar-refractivity contribution in [3.05, 3.63) is 22.4 Å². The van der Waals surface area contributed by atoms with E-state index < -0.39 is 12.0 Å². The van der Waals surface area contributed by atoms with E-state index in [1.165, 1.54) is 0 Å². The minimum Gasteiger partial charge on any atom is -0.464 e. The Bertz CT molecular complexity index is 443. The van der Waals surface area contributed by atoms with Gasteiger partial charge in [-0.3, -0.25) is 4.79 Å². The second-order valence-corrected chi connectivity index (χ2v) is 4.69. The van der Waals surface area contributed by atoms with Gasteiger partial charge in [0.15, 0.2) is 0 Å². The highest BCUT2D eigenvalue weighted by atomic mass is 79.9. The predicted molar refractivity (Wildman–Crippen MR) is 71.4 cm³/mol. The molecule has 0 aromatic carbocycles. The van der Waals surface area contributed by atoms with Crippen molar-refractivity contribution in [2.45, 2.75) is 33.4 Å². The average Bonchev–Trinajstić information content (AvgIpc) is 2.70. The van der Waals surface area contributed by atoms with E-state index in [4.69, 9.17) is 4.74 Å². The van der Waals surface area contributed by atoms with Crippen LogP contribution in [0.2, 0.25) is 0 Å². The van der Waals surface area contributed by atoms with E-state index >= 15 is 0 Å². The summed E-state index contributed by atoms with van der Waals surface area (Å²) in [5.41, 5.74) is 0.514. The maximum absolute atomic E-state index is 12.0. The topological polar surface area (TPSA) is 60.3 Å². The van der Waals surface area contributed by atoms with E-state index in [0.717, 1.165) is 4.47 Å². The number of rotatable bonds is 5. The molecule has 0 saturated heterocycles. The summed E-state index contributed by atoms with van der Waals surface area (Å²) in [7, 11) is 0. The molecule has 5 nitrogen and oxygen atoms in total. The first-order valence-electron chi connectivity index (χ1n) is 5.82. The molecule has 0 fully saturated rings. The lowest BCUT2D eigenvalue weighted by atomic mass is 10.3. The van der Waals surface area contributed by atoms with Crippen LogP contribution < -0.4 is 5.32 Å². The molecule has 0 aliphatic carbocycles. The summed E-state index contributed by atoms with van der Waals surface area (Å²) in [6, 6.07) is 1.06. The van der Waals surface area contributed by atoms with Crippen molar-refractivity contribution >= 4 is 27.8 Å². The van der Waals surface area contributed by atoms with Crippen LogP contribution >= 0.6 is 15.9 Å². The van der Waals surface area contributed by atoms with E-state index in [1.54, 1.807) is 24.5 Å². The van der Waals surface area contributed by atoms with Crippen molar-refractivity contribution in [3.8, 4) is 0 Å². The molecule has 1 N–H and O–H groups in total. The number of nitrogens with one attached hydrogen (secondary N) is 1. The van der Waals surface area contributed by atoms with Crippen LogP contribution in [0.5, 0.6) is 0 Å². The summed E-state index contributed by atoms with van der Waals surface area (Å²) < 4.78 is 7.47. The minimum absolute atomic E-state index is 0.289. The number of aromatic nitrogens is 1. The summed E-state index contributed by atoms with van der Waals surface area (Å²) in [6.07, 6.45) is 1.82. The molecule has 0 spiro atoms. The van der Waals surface area contributed by atoms with Gasteiger partial charge in [-0.05, 0) is 42.8 Å². The normalized spacial score (nSPS) is 12.0. The molecule has 0 aliphatic heterocycles. The average molecular weight is 317 g/mol. The number of ether oxygens (including phenoxy) is 1. The van der Waals surface area contributed by atoms with Gasteiger partial charge in [-0.2, -0.15) is 0 Å². The highest BCUT2D eigenvalue weighted by Gasteiger charge is 2.19. The lowest BCUT2D eigenvalue weighted by Crippen LogP contribution is -2.40. The van der Waals surface area contributed by atoms with Crippen molar-refractivity contribution in [1.82, 2.24) is 9.88 Å². The highest BCUT2D eigenvalue weighted by Crippen LogP contribution is 2.15. The zero-order valence-electron chi connectivity index (χ0n) is 10.7. The Balaban J connectivity index is 2.73. The van der Waals surface area contributed by atoms with Gasteiger partial charge in [0.25, 0.3) is 5.91 Å². The molecule has 1 atom stereocenters. The summed E-state index contributed by atoms with van der Waals surface area (Å²) in [5, 5.41) is 2.61. The molecule has 1 heterocycles. The van der Waals surface area contributed by atoms with Crippen molar-refractivity contribution in [1.29, 1.82) is 0 Å². The standard InChI is InChI=1S/C12H17BrN2O3/c1-4-15-7-9(13)6-10(15)11(16)14-8(3)12(17)18-5-2/h6-8H,4-5H2,1-3H3,(H,14,16)/t8-/m0/s1. The van der Waals surface area contributed by atoms with Gasteiger partial charge in [0.1, 0.15) is 11.7 Å². The van der Waals surface area contributed by atoms with E-state index in [-0.39, 0.29) is 5.91 Å². The number of amides is 1. The van der Waals surface area contributed by atoms with E-state index in [0.29, 0.717) is 18.8 Å². The highest BCUT2D eigenvalue weighted by molar-refractivity contribution is 9.10. The van der Waals surface area contributed by atoms with Crippen molar-refractivity contribution in [2.75, 3.05) is 6.61 Å². The fourth-order valence-electron chi connectivity index (χ4n) is 1.52. The van der Waals surface area contributed by atoms with Gasteiger partial charge in [-0.15, -0.1) is 0 Å². The zero-order chi connectivity index (χ0) is 13.7.